The van der Waals surface area contributed by atoms with E-state index in [0.717, 1.165) is 6.42 Å². The minimum atomic E-state index is -1.40. The number of nitrogens with two attached hydrogens (primary N) is 3. The van der Waals surface area contributed by atoms with Gasteiger partial charge in [0, 0.05) is 38.9 Å². The van der Waals surface area contributed by atoms with Gasteiger partial charge >= 0.3 is 5.97 Å². The van der Waals surface area contributed by atoms with Crippen LogP contribution < -0.4 is 54.4 Å². The molecule has 2 aliphatic heterocycles. The normalized spacial score (nSPS) is 17.8. The number of hydrogen-bond donors (Lipinski definition) is 11. The van der Waals surface area contributed by atoms with Crippen LogP contribution in [0.4, 0.5) is 0 Å². The van der Waals surface area contributed by atoms with Crippen molar-refractivity contribution in [3.63, 3.8) is 0 Å². The molecule has 3 aromatic rings. The van der Waals surface area contributed by atoms with Crippen LogP contribution in [0, 0.1) is 0 Å². The molecule has 0 aliphatic carbocycles. The molecule has 0 unspecified atom stereocenters. The Balaban J connectivity index is 1.31. The van der Waals surface area contributed by atoms with E-state index in [4.69, 9.17) is 17.2 Å². The number of hydrogen-bond acceptors (Lipinski definition) is 11. The summed E-state index contributed by atoms with van der Waals surface area (Å²) in [6.07, 6.45) is 2.61. The van der Waals surface area contributed by atoms with Crippen molar-refractivity contribution in [3.05, 3.63) is 108 Å². The summed E-state index contributed by atoms with van der Waals surface area (Å²) < 4.78 is 0. The maximum absolute atomic E-state index is 14.4. The molecule has 376 valence electrons. The Morgan fingerprint density at radius 1 is 0.643 bits per heavy atom. The monoisotopic (exact) mass is 967 g/mol. The topological polar surface area (TPSA) is 335 Å². The molecule has 21 nitrogen and oxygen atoms in total. The Kier molecular flexibility index (Phi) is 20.6. The minimum Gasteiger partial charge on any atom is -0.480 e. The number of aliphatic imine (C=N–C) groups is 1. The van der Waals surface area contributed by atoms with Gasteiger partial charge in [-0.05, 0) is 68.7 Å². The summed E-state index contributed by atoms with van der Waals surface area (Å²) in [5, 5.41) is 29.1. The van der Waals surface area contributed by atoms with E-state index in [9.17, 15) is 43.5 Å². The second-order valence-corrected chi connectivity index (χ2v) is 17.5. The molecule has 14 N–H and O–H groups in total. The summed E-state index contributed by atoms with van der Waals surface area (Å²) in [6.45, 7) is 2.01. The Bertz CT molecular complexity index is 2280. The maximum atomic E-state index is 14.4. The molecular weight excluding hydrogens is 901 g/mol. The molecule has 3 aromatic carbocycles. The molecule has 70 heavy (non-hydrogen) atoms. The second-order valence-electron chi connectivity index (χ2n) is 17.5. The lowest BCUT2D eigenvalue weighted by Crippen LogP contribution is -2.61. The lowest BCUT2D eigenvalue weighted by Gasteiger charge is -2.29. The highest BCUT2D eigenvalue weighted by Gasteiger charge is 2.39. The first-order valence-corrected chi connectivity index (χ1v) is 23.6. The quantitative estimate of drug-likeness (QED) is 0.0262. The van der Waals surface area contributed by atoms with Gasteiger partial charge in [0.1, 0.15) is 42.3 Å². The number of carbonyl (C=O) groups excluding carboxylic acids is 7. The van der Waals surface area contributed by atoms with Crippen molar-refractivity contribution in [1.82, 2.24) is 42.1 Å². The highest BCUT2D eigenvalue weighted by Crippen LogP contribution is 2.20. The average molecular weight is 967 g/mol. The van der Waals surface area contributed by atoms with Gasteiger partial charge in [-0.25, -0.2) is 4.79 Å². The van der Waals surface area contributed by atoms with E-state index in [-0.39, 0.29) is 57.1 Å². The summed E-state index contributed by atoms with van der Waals surface area (Å²) in [4.78, 5) is 114. The van der Waals surface area contributed by atoms with Gasteiger partial charge in [0.2, 0.25) is 41.4 Å². The van der Waals surface area contributed by atoms with E-state index in [2.05, 4.69) is 42.2 Å². The minimum absolute atomic E-state index is 0.000689. The maximum Gasteiger partial charge on any atom is 0.326 e. The molecule has 2 fully saturated rings. The summed E-state index contributed by atoms with van der Waals surface area (Å²) in [6, 6.07) is 17.6. The molecule has 5 rings (SSSR count). The highest BCUT2D eigenvalue weighted by atomic mass is 16.4. The number of guanidine groups is 1. The first-order chi connectivity index (χ1) is 33.6. The molecule has 2 saturated heterocycles. The fourth-order valence-electron chi connectivity index (χ4n) is 8.33. The molecule has 2 aliphatic rings. The number of carboxylic acids is 1. The van der Waals surface area contributed by atoms with Crippen LogP contribution in [0.15, 0.2) is 96.0 Å². The van der Waals surface area contributed by atoms with Gasteiger partial charge in [-0.1, -0.05) is 91.0 Å². The molecule has 21 heteroatoms. The molecule has 0 bridgehead atoms. The Morgan fingerprint density at radius 3 is 1.61 bits per heavy atom. The van der Waals surface area contributed by atoms with E-state index in [0.29, 0.717) is 42.5 Å². The van der Waals surface area contributed by atoms with Crippen LogP contribution in [0.3, 0.4) is 0 Å². The zero-order valence-electron chi connectivity index (χ0n) is 39.3. The van der Waals surface area contributed by atoms with Crippen molar-refractivity contribution < 1.29 is 43.5 Å². The van der Waals surface area contributed by atoms with Crippen LogP contribution in [-0.4, -0.2) is 138 Å². The zero-order valence-corrected chi connectivity index (χ0v) is 39.3. The van der Waals surface area contributed by atoms with Crippen LogP contribution in [0.2, 0.25) is 0 Å². The number of nitrogens with zero attached hydrogens (tertiary/aromatic N) is 2. The first-order valence-electron chi connectivity index (χ1n) is 23.6. The third-order valence-electron chi connectivity index (χ3n) is 12.1. The fraction of sp³-hybridized carbons (Fsp3) is 0.449. The van der Waals surface area contributed by atoms with E-state index >= 15 is 0 Å². The largest absolute Gasteiger partial charge is 0.480 e. The number of likely N-dealkylation sites (tertiary alicyclic amines) is 1. The number of aliphatic carboxylic acids is 1. The van der Waals surface area contributed by atoms with Gasteiger partial charge in [-0.2, -0.15) is 0 Å². The molecule has 0 saturated carbocycles. The standard InChI is InChI=1S/C49H66N12O9/c1-30(41(62)59-38(28-33-18-9-4-10-19-33)47(68)61-25-13-22-40(61)48(69)70)55-46(67)39(29-50)60-45(66)37(27-32-16-7-3-8-17-32)58-44(65)36(26-31-14-5-2-6-15-31)57-43(64)35(21-12-24-54-49(51)52)56-42(63)34-20-11-23-53-34/h2-10,14-19,30,34-40,53H,11-13,20-29,50H2,1H3,(H,55,67)(H,56,63)(H,57,64)(H,58,65)(H,59,62)(H,60,66)(H,69,70)(H4,51,52,54)/t30-,34-,35+,36+,37+,38-,39-,40+/m0/s1. The molecular formula is C49H66N12O9. The third-order valence-corrected chi connectivity index (χ3v) is 12.1. The molecule has 0 radical (unpaired) electrons. The molecule has 0 aromatic heterocycles. The SMILES string of the molecule is C[C@H](NC(=O)[C@H](CN)NC(=O)[C@@H](Cc1ccccc1)NC(=O)[C@@H](Cc1ccccc1)NC(=O)[C@@H](CCCN=C(N)N)NC(=O)[C@@H]1CCCN1)C(=O)N[C@@H](Cc1ccccc1)C(=O)N1CCC[C@@H]1C(=O)O. The van der Waals surface area contributed by atoms with E-state index in [1.165, 1.54) is 11.8 Å². The van der Waals surface area contributed by atoms with Gasteiger partial charge in [-0.3, -0.25) is 38.6 Å². The van der Waals surface area contributed by atoms with Gasteiger partial charge in [-0.15, -0.1) is 0 Å². The smallest absolute Gasteiger partial charge is 0.326 e. The van der Waals surface area contributed by atoms with Gasteiger partial charge < -0.3 is 64.4 Å². The summed E-state index contributed by atoms with van der Waals surface area (Å²) in [5.41, 5.74) is 19.1. The number of nitrogens with one attached hydrogen (secondary N) is 7. The zero-order chi connectivity index (χ0) is 50.6. The van der Waals surface area contributed by atoms with Crippen molar-refractivity contribution in [2.45, 2.75) is 113 Å². The predicted octanol–water partition coefficient (Wildman–Crippen LogP) is -1.52. The van der Waals surface area contributed by atoms with Crippen molar-refractivity contribution in [2.75, 3.05) is 26.2 Å². The van der Waals surface area contributed by atoms with Gasteiger partial charge in [0.25, 0.3) is 0 Å². The van der Waals surface area contributed by atoms with Crippen LogP contribution in [0.25, 0.3) is 0 Å². The predicted molar refractivity (Wildman–Crippen MR) is 260 cm³/mol. The van der Waals surface area contributed by atoms with Crippen molar-refractivity contribution in [2.24, 2.45) is 22.2 Å². The molecule has 7 amide bonds. The average Bonchev–Trinajstić information content (AvgIpc) is 4.08. The molecule has 2 heterocycles. The Hall–Kier alpha value is -7.39. The number of amides is 7. The van der Waals surface area contributed by atoms with Crippen molar-refractivity contribution in [1.29, 1.82) is 0 Å². The first kappa shape index (κ1) is 53.6. The summed E-state index contributed by atoms with van der Waals surface area (Å²) >= 11 is 0. The number of carboxylic acid groups (broad SMARTS) is 1. The van der Waals surface area contributed by atoms with Gasteiger partial charge in [0.05, 0.1) is 6.04 Å². The molecule has 8 atom stereocenters. The van der Waals surface area contributed by atoms with Crippen molar-refractivity contribution >= 4 is 53.3 Å². The summed E-state index contributed by atoms with van der Waals surface area (Å²) in [7, 11) is 0. The van der Waals surface area contributed by atoms with Crippen LogP contribution in [0.1, 0.15) is 62.1 Å². The van der Waals surface area contributed by atoms with Crippen LogP contribution in [-0.2, 0) is 57.6 Å². The second kappa shape index (κ2) is 27.0. The van der Waals surface area contributed by atoms with E-state index in [1.54, 1.807) is 91.0 Å². The third kappa shape index (κ3) is 16.4. The lowest BCUT2D eigenvalue weighted by molar-refractivity contribution is -0.149. The number of benzene rings is 3. The Labute approximate surface area is 406 Å². The number of rotatable bonds is 25. The highest BCUT2D eigenvalue weighted by molar-refractivity contribution is 5.98. The van der Waals surface area contributed by atoms with E-state index in [1.807, 2.05) is 0 Å². The van der Waals surface area contributed by atoms with Gasteiger partial charge in [0.15, 0.2) is 5.96 Å². The fourth-order valence-corrected chi connectivity index (χ4v) is 8.33. The van der Waals surface area contributed by atoms with Crippen molar-refractivity contribution in [3.8, 4) is 0 Å². The lowest BCUT2D eigenvalue weighted by atomic mass is 10.0. The summed E-state index contributed by atoms with van der Waals surface area (Å²) in [5.74, 6) is -5.99. The number of carbonyl (C=O) groups is 8. The van der Waals surface area contributed by atoms with E-state index < -0.39 is 96.3 Å². The van der Waals surface area contributed by atoms with Crippen LogP contribution >= 0.6 is 0 Å². The Morgan fingerprint density at radius 2 is 1.13 bits per heavy atom. The van der Waals surface area contributed by atoms with Crippen LogP contribution in [0.5, 0.6) is 0 Å². The molecule has 0 spiro atoms.